The van der Waals surface area contributed by atoms with Crippen molar-refractivity contribution in [1.29, 1.82) is 0 Å². The molecule has 0 saturated heterocycles. The second-order valence-electron chi connectivity index (χ2n) is 5.65. The molecular weight excluding hydrogens is 224 g/mol. The second kappa shape index (κ2) is 4.54. The lowest BCUT2D eigenvalue weighted by Gasteiger charge is -2.61. The van der Waals surface area contributed by atoms with E-state index in [1.165, 1.54) is 19.3 Å². The van der Waals surface area contributed by atoms with E-state index in [1.807, 2.05) is 13.1 Å². The zero-order valence-corrected chi connectivity index (χ0v) is 11.3. The molecule has 3 nitrogen and oxygen atoms in total. The van der Waals surface area contributed by atoms with Gasteiger partial charge in [0.25, 0.3) is 0 Å². The summed E-state index contributed by atoms with van der Waals surface area (Å²) in [6.07, 6.45) is 7.54. The molecule has 2 atom stereocenters. The van der Waals surface area contributed by atoms with Crippen molar-refractivity contribution in [1.82, 2.24) is 4.98 Å². The normalized spacial score (nSPS) is 28.6. The van der Waals surface area contributed by atoms with Gasteiger partial charge in [-0.25, -0.2) is 0 Å². The second-order valence-corrected chi connectivity index (χ2v) is 5.65. The van der Waals surface area contributed by atoms with Gasteiger partial charge in [-0.2, -0.15) is 0 Å². The minimum atomic E-state index is 0.418. The van der Waals surface area contributed by atoms with E-state index in [4.69, 9.17) is 4.74 Å². The van der Waals surface area contributed by atoms with Gasteiger partial charge in [0.15, 0.2) is 0 Å². The number of nitrogens with zero attached hydrogens (tertiary/aromatic N) is 1. The van der Waals surface area contributed by atoms with E-state index in [2.05, 4.69) is 29.4 Å². The van der Waals surface area contributed by atoms with E-state index in [-0.39, 0.29) is 0 Å². The van der Waals surface area contributed by atoms with Gasteiger partial charge in [-0.3, -0.25) is 4.98 Å². The lowest BCUT2D eigenvalue weighted by atomic mass is 9.51. The van der Waals surface area contributed by atoms with E-state index in [9.17, 15) is 0 Å². The molecule has 0 radical (unpaired) electrons. The van der Waals surface area contributed by atoms with Crippen LogP contribution in [0.4, 0.5) is 5.69 Å². The Morgan fingerprint density at radius 3 is 2.83 bits per heavy atom. The van der Waals surface area contributed by atoms with Crippen LogP contribution in [0.5, 0.6) is 0 Å². The largest absolute Gasteiger partial charge is 0.380 e. The number of pyridine rings is 1. The molecule has 2 aliphatic rings. The van der Waals surface area contributed by atoms with Crippen LogP contribution in [-0.2, 0) is 4.74 Å². The minimum Gasteiger partial charge on any atom is -0.380 e. The maximum Gasteiger partial charge on any atom is 0.0670 e. The van der Waals surface area contributed by atoms with Crippen LogP contribution in [-0.4, -0.2) is 23.7 Å². The Kier molecular flexibility index (Phi) is 3.02. The third-order valence-corrected chi connectivity index (χ3v) is 4.69. The van der Waals surface area contributed by atoms with Crippen molar-refractivity contribution in [2.45, 2.75) is 51.7 Å². The topological polar surface area (TPSA) is 34.1 Å². The average molecular weight is 246 g/mol. The number of anilines is 1. The fraction of sp³-hybridized carbons (Fsp3) is 0.667. The van der Waals surface area contributed by atoms with Crippen molar-refractivity contribution in [3.05, 3.63) is 24.0 Å². The van der Waals surface area contributed by atoms with Crippen LogP contribution in [0.25, 0.3) is 0 Å². The summed E-state index contributed by atoms with van der Waals surface area (Å²) in [6.45, 7) is 4.95. The highest BCUT2D eigenvalue weighted by Crippen LogP contribution is 2.58. The van der Waals surface area contributed by atoms with Crippen molar-refractivity contribution in [3.63, 3.8) is 0 Å². The molecule has 3 heteroatoms. The van der Waals surface area contributed by atoms with Crippen molar-refractivity contribution in [3.8, 4) is 0 Å². The number of hydrogen-bond donors (Lipinski definition) is 1. The molecule has 2 saturated carbocycles. The monoisotopic (exact) mass is 246 g/mol. The first-order valence-electron chi connectivity index (χ1n) is 7.05. The molecule has 2 unspecified atom stereocenters. The van der Waals surface area contributed by atoms with Gasteiger partial charge in [-0.15, -0.1) is 0 Å². The lowest BCUT2D eigenvalue weighted by molar-refractivity contribution is -0.157. The summed E-state index contributed by atoms with van der Waals surface area (Å²) >= 11 is 0. The zero-order chi connectivity index (χ0) is 12.6. The number of aryl methyl sites for hydroxylation is 1. The summed E-state index contributed by atoms with van der Waals surface area (Å²) in [7, 11) is 0. The summed E-state index contributed by atoms with van der Waals surface area (Å²) in [6, 6.07) is 4.77. The van der Waals surface area contributed by atoms with Gasteiger partial charge in [0, 0.05) is 23.8 Å². The van der Waals surface area contributed by atoms with Crippen molar-refractivity contribution in [2.75, 3.05) is 11.9 Å². The number of hydrogen-bond acceptors (Lipinski definition) is 3. The third-order valence-electron chi connectivity index (χ3n) is 4.69. The number of rotatable bonds is 4. The number of aromatic nitrogens is 1. The van der Waals surface area contributed by atoms with Crippen molar-refractivity contribution >= 4 is 5.69 Å². The molecule has 1 aromatic rings. The van der Waals surface area contributed by atoms with Gasteiger partial charge in [-0.1, -0.05) is 6.42 Å². The molecule has 0 amide bonds. The predicted molar refractivity (Wildman–Crippen MR) is 72.7 cm³/mol. The smallest absolute Gasteiger partial charge is 0.0670 e. The quantitative estimate of drug-likeness (QED) is 0.886. The van der Waals surface area contributed by atoms with Gasteiger partial charge >= 0.3 is 0 Å². The Morgan fingerprint density at radius 2 is 2.28 bits per heavy atom. The van der Waals surface area contributed by atoms with Gasteiger partial charge in [0.2, 0.25) is 0 Å². The maximum absolute atomic E-state index is 5.87. The molecule has 2 fully saturated rings. The van der Waals surface area contributed by atoms with Crippen LogP contribution in [0.1, 0.15) is 38.3 Å². The zero-order valence-electron chi connectivity index (χ0n) is 11.3. The van der Waals surface area contributed by atoms with E-state index >= 15 is 0 Å². The van der Waals surface area contributed by atoms with Crippen LogP contribution < -0.4 is 5.32 Å². The fourth-order valence-corrected chi connectivity index (χ4v) is 3.40. The SMILES string of the molecule is CCOC1CC(Nc2ccc(C)nc2)C12CCC2. The average Bonchev–Trinajstić information content (AvgIpc) is 2.28. The van der Waals surface area contributed by atoms with Crippen LogP contribution in [0.3, 0.4) is 0 Å². The molecule has 1 aromatic heterocycles. The first kappa shape index (κ1) is 12.0. The summed E-state index contributed by atoms with van der Waals surface area (Å²) in [4.78, 5) is 4.34. The highest BCUT2D eigenvalue weighted by molar-refractivity contribution is 5.44. The van der Waals surface area contributed by atoms with Crippen LogP contribution in [0.15, 0.2) is 18.3 Å². The summed E-state index contributed by atoms with van der Waals surface area (Å²) < 4.78 is 5.87. The highest BCUT2D eigenvalue weighted by Gasteiger charge is 2.58. The van der Waals surface area contributed by atoms with E-state index < -0.39 is 0 Å². The lowest BCUT2D eigenvalue weighted by Crippen LogP contribution is -2.64. The Labute approximate surface area is 109 Å². The Balaban J connectivity index is 1.66. The first-order chi connectivity index (χ1) is 8.74. The first-order valence-corrected chi connectivity index (χ1v) is 7.05. The van der Waals surface area contributed by atoms with Crippen molar-refractivity contribution < 1.29 is 4.74 Å². The molecular formula is C15H22N2O. The number of nitrogens with one attached hydrogen (secondary N) is 1. The molecule has 3 rings (SSSR count). The molecule has 1 N–H and O–H groups in total. The summed E-state index contributed by atoms with van der Waals surface area (Å²) in [5.74, 6) is 0. The van der Waals surface area contributed by atoms with E-state index in [0.29, 0.717) is 17.6 Å². The molecule has 2 aliphatic carbocycles. The van der Waals surface area contributed by atoms with E-state index in [0.717, 1.165) is 24.4 Å². The van der Waals surface area contributed by atoms with Crippen LogP contribution in [0, 0.1) is 12.3 Å². The third kappa shape index (κ3) is 1.81. The fourth-order valence-electron chi connectivity index (χ4n) is 3.40. The summed E-state index contributed by atoms with van der Waals surface area (Å²) in [5, 5.41) is 3.64. The highest BCUT2D eigenvalue weighted by atomic mass is 16.5. The Hall–Kier alpha value is -1.09. The maximum atomic E-state index is 5.87. The summed E-state index contributed by atoms with van der Waals surface area (Å²) in [5.41, 5.74) is 2.63. The Morgan fingerprint density at radius 1 is 1.44 bits per heavy atom. The van der Waals surface area contributed by atoms with Crippen LogP contribution >= 0.6 is 0 Å². The molecule has 18 heavy (non-hydrogen) atoms. The molecule has 0 bridgehead atoms. The molecule has 98 valence electrons. The number of ether oxygens (including phenoxy) is 1. The van der Waals surface area contributed by atoms with Crippen LogP contribution in [0.2, 0.25) is 0 Å². The van der Waals surface area contributed by atoms with E-state index in [1.54, 1.807) is 0 Å². The molecule has 0 aromatic carbocycles. The molecule has 1 heterocycles. The molecule has 0 aliphatic heterocycles. The Bertz CT molecular complexity index is 411. The standard InChI is InChI=1S/C15H22N2O/c1-3-18-14-9-13(15(14)7-4-8-15)17-12-6-5-11(2)16-10-12/h5-6,10,13-14,17H,3-4,7-9H2,1-2H3. The van der Waals surface area contributed by atoms with Gasteiger partial charge < -0.3 is 10.1 Å². The van der Waals surface area contributed by atoms with Gasteiger partial charge in [0.1, 0.15) is 0 Å². The van der Waals surface area contributed by atoms with Gasteiger partial charge in [0.05, 0.1) is 18.0 Å². The molecule has 1 spiro atoms. The van der Waals surface area contributed by atoms with Gasteiger partial charge in [-0.05, 0) is 45.2 Å². The predicted octanol–water partition coefficient (Wildman–Crippen LogP) is 3.15. The van der Waals surface area contributed by atoms with Crippen molar-refractivity contribution in [2.24, 2.45) is 5.41 Å². The minimum absolute atomic E-state index is 0.418.